The molecule has 0 unspecified atom stereocenters. The molecule has 0 spiro atoms. The van der Waals surface area contributed by atoms with E-state index in [-0.39, 0.29) is 12.6 Å². The SMILES string of the molecule is C=C(COF)[C@@H](N)CCSC. The number of hydrogen-bond donors (Lipinski definition) is 1. The zero-order valence-electron chi connectivity index (χ0n) is 6.68. The predicted octanol–water partition coefficient (Wildman–Crippen LogP) is 1.52. The molecule has 11 heavy (non-hydrogen) atoms. The van der Waals surface area contributed by atoms with Gasteiger partial charge in [-0.2, -0.15) is 16.7 Å². The van der Waals surface area contributed by atoms with Gasteiger partial charge >= 0.3 is 0 Å². The van der Waals surface area contributed by atoms with Crippen LogP contribution >= 0.6 is 11.8 Å². The lowest BCUT2D eigenvalue weighted by Crippen LogP contribution is -2.24. The van der Waals surface area contributed by atoms with Crippen molar-refractivity contribution >= 4 is 11.8 Å². The quantitative estimate of drug-likeness (QED) is 0.628. The van der Waals surface area contributed by atoms with Crippen molar-refractivity contribution in [3.63, 3.8) is 0 Å². The van der Waals surface area contributed by atoms with Crippen molar-refractivity contribution < 1.29 is 9.47 Å². The molecule has 0 fully saturated rings. The Hall–Kier alpha value is -0.0600. The Balaban J connectivity index is 3.46. The summed E-state index contributed by atoms with van der Waals surface area (Å²) < 4.78 is 11.3. The van der Waals surface area contributed by atoms with E-state index in [4.69, 9.17) is 5.73 Å². The van der Waals surface area contributed by atoms with E-state index in [1.165, 1.54) is 0 Å². The van der Waals surface area contributed by atoms with E-state index >= 15 is 0 Å². The maximum Gasteiger partial charge on any atom is 0.110 e. The van der Waals surface area contributed by atoms with Crippen LogP contribution in [0.1, 0.15) is 6.42 Å². The normalized spacial score (nSPS) is 13.0. The van der Waals surface area contributed by atoms with Crippen molar-refractivity contribution in [1.82, 2.24) is 0 Å². The van der Waals surface area contributed by atoms with Gasteiger partial charge in [0.1, 0.15) is 6.61 Å². The first-order chi connectivity index (χ1) is 5.22. The van der Waals surface area contributed by atoms with Gasteiger partial charge in [-0.1, -0.05) is 6.58 Å². The minimum atomic E-state index is -0.141. The molecule has 0 amide bonds. The van der Waals surface area contributed by atoms with E-state index in [0.29, 0.717) is 5.57 Å². The Morgan fingerprint density at radius 3 is 2.91 bits per heavy atom. The first-order valence-electron chi connectivity index (χ1n) is 3.38. The molecule has 1 atom stereocenters. The van der Waals surface area contributed by atoms with Crippen molar-refractivity contribution in [1.29, 1.82) is 0 Å². The van der Waals surface area contributed by atoms with Gasteiger partial charge in [0, 0.05) is 6.04 Å². The van der Waals surface area contributed by atoms with Crippen LogP contribution in [-0.4, -0.2) is 24.7 Å². The monoisotopic (exact) mass is 179 g/mol. The number of halogens is 1. The van der Waals surface area contributed by atoms with Crippen LogP contribution in [-0.2, 0) is 4.94 Å². The van der Waals surface area contributed by atoms with Gasteiger partial charge in [-0.3, -0.25) is 0 Å². The molecule has 4 heteroatoms. The minimum absolute atomic E-state index is 0.0878. The lowest BCUT2D eigenvalue weighted by Gasteiger charge is -2.11. The highest BCUT2D eigenvalue weighted by Crippen LogP contribution is 2.06. The summed E-state index contributed by atoms with van der Waals surface area (Å²) in [5, 5.41) is 0. The Kier molecular flexibility index (Phi) is 6.60. The van der Waals surface area contributed by atoms with Crippen LogP contribution in [0, 0.1) is 0 Å². The summed E-state index contributed by atoms with van der Waals surface area (Å²) in [5.74, 6) is 0.965. The van der Waals surface area contributed by atoms with Gasteiger partial charge in [0.15, 0.2) is 0 Å². The lowest BCUT2D eigenvalue weighted by atomic mass is 10.1. The van der Waals surface area contributed by atoms with Gasteiger partial charge in [0.2, 0.25) is 0 Å². The number of rotatable bonds is 6. The highest BCUT2D eigenvalue weighted by atomic mass is 32.2. The summed E-state index contributed by atoms with van der Waals surface area (Å²) in [6.45, 7) is 3.51. The van der Waals surface area contributed by atoms with E-state index in [2.05, 4.69) is 11.5 Å². The molecule has 0 radical (unpaired) electrons. The highest BCUT2D eigenvalue weighted by molar-refractivity contribution is 7.98. The molecule has 2 nitrogen and oxygen atoms in total. The van der Waals surface area contributed by atoms with Crippen molar-refractivity contribution in [3.05, 3.63) is 12.2 Å². The smallest absolute Gasteiger partial charge is 0.110 e. The second-order valence-electron chi connectivity index (χ2n) is 2.30. The molecule has 0 aromatic carbocycles. The Morgan fingerprint density at radius 2 is 2.45 bits per heavy atom. The first kappa shape index (κ1) is 10.9. The van der Waals surface area contributed by atoms with Gasteiger partial charge in [-0.05, 0) is 28.5 Å². The fourth-order valence-electron chi connectivity index (χ4n) is 0.626. The third-order valence-electron chi connectivity index (χ3n) is 1.40. The summed E-state index contributed by atoms with van der Waals surface area (Å²) >= 11 is 1.71. The second-order valence-corrected chi connectivity index (χ2v) is 3.29. The van der Waals surface area contributed by atoms with Crippen molar-refractivity contribution in [2.75, 3.05) is 18.6 Å². The summed E-state index contributed by atoms with van der Waals surface area (Å²) in [5.41, 5.74) is 6.24. The topological polar surface area (TPSA) is 35.2 Å². The fourth-order valence-corrected chi connectivity index (χ4v) is 1.12. The molecule has 0 aliphatic carbocycles. The van der Waals surface area contributed by atoms with Crippen LogP contribution in [0.2, 0.25) is 0 Å². The molecule has 0 saturated heterocycles. The summed E-state index contributed by atoms with van der Waals surface area (Å²) in [6.07, 6.45) is 2.82. The van der Waals surface area contributed by atoms with Crippen LogP contribution in [0.3, 0.4) is 0 Å². The average Bonchev–Trinajstić information content (AvgIpc) is 2.00. The van der Waals surface area contributed by atoms with Crippen LogP contribution in [0.5, 0.6) is 0 Å². The van der Waals surface area contributed by atoms with Crippen LogP contribution in [0.15, 0.2) is 12.2 Å². The molecule has 0 aromatic rings. The molecule has 66 valence electrons. The third-order valence-corrected chi connectivity index (χ3v) is 2.04. The van der Waals surface area contributed by atoms with Crippen LogP contribution in [0.25, 0.3) is 0 Å². The zero-order chi connectivity index (χ0) is 8.69. The minimum Gasteiger partial charge on any atom is -0.324 e. The average molecular weight is 179 g/mol. The van der Waals surface area contributed by atoms with Crippen LogP contribution < -0.4 is 5.73 Å². The third kappa shape index (κ3) is 5.24. The number of thioether (sulfide) groups is 1. The summed E-state index contributed by atoms with van der Waals surface area (Å²) in [7, 11) is 0. The standard InChI is InChI=1S/C7H14FNOS/c1-6(5-10-8)7(9)3-4-11-2/h7H,1,3-5,9H2,2H3/t7-/m0/s1. The Labute approximate surface area is 70.9 Å². The highest BCUT2D eigenvalue weighted by Gasteiger charge is 2.06. The van der Waals surface area contributed by atoms with Crippen molar-refractivity contribution in [2.45, 2.75) is 12.5 Å². The number of hydrogen-bond acceptors (Lipinski definition) is 3. The van der Waals surface area contributed by atoms with E-state index in [9.17, 15) is 4.53 Å². The maximum atomic E-state index is 11.3. The zero-order valence-corrected chi connectivity index (χ0v) is 7.49. The van der Waals surface area contributed by atoms with Crippen molar-refractivity contribution in [2.24, 2.45) is 5.73 Å². The lowest BCUT2D eigenvalue weighted by molar-refractivity contribution is -0.121. The van der Waals surface area contributed by atoms with Crippen molar-refractivity contribution in [3.8, 4) is 0 Å². The largest absolute Gasteiger partial charge is 0.324 e. The molecular formula is C7H14FNOS. The summed E-state index contributed by atoms with van der Waals surface area (Å²) in [4.78, 5) is 3.42. The van der Waals surface area contributed by atoms with Gasteiger partial charge < -0.3 is 5.73 Å². The first-order valence-corrected chi connectivity index (χ1v) is 4.77. The Bertz CT molecular complexity index is 121. The molecule has 0 aliphatic heterocycles. The molecular weight excluding hydrogens is 165 g/mol. The van der Waals surface area contributed by atoms with E-state index in [1.807, 2.05) is 6.26 Å². The molecule has 0 saturated carbocycles. The van der Waals surface area contributed by atoms with E-state index < -0.39 is 0 Å². The van der Waals surface area contributed by atoms with E-state index in [0.717, 1.165) is 12.2 Å². The molecule has 0 heterocycles. The van der Waals surface area contributed by atoms with Gasteiger partial charge in [-0.25, -0.2) is 0 Å². The predicted molar refractivity (Wildman–Crippen MR) is 47.2 cm³/mol. The molecule has 2 N–H and O–H groups in total. The van der Waals surface area contributed by atoms with Gasteiger partial charge in [-0.15, -0.1) is 0 Å². The van der Waals surface area contributed by atoms with Crippen LogP contribution in [0.4, 0.5) is 4.53 Å². The molecule has 0 bridgehead atoms. The number of nitrogens with two attached hydrogens (primary N) is 1. The molecule has 0 aliphatic rings. The maximum absolute atomic E-state index is 11.3. The summed E-state index contributed by atoms with van der Waals surface area (Å²) in [6, 6.07) is -0.141. The van der Waals surface area contributed by atoms with Gasteiger partial charge in [0.05, 0.1) is 0 Å². The Morgan fingerprint density at radius 1 is 1.82 bits per heavy atom. The fraction of sp³-hybridized carbons (Fsp3) is 0.714. The van der Waals surface area contributed by atoms with E-state index in [1.54, 1.807) is 11.8 Å². The second kappa shape index (κ2) is 6.64. The van der Waals surface area contributed by atoms with Gasteiger partial charge in [0.25, 0.3) is 0 Å². The molecule has 0 rings (SSSR count). The molecule has 0 aromatic heterocycles.